The van der Waals surface area contributed by atoms with Crippen molar-refractivity contribution >= 4 is 21.7 Å². The van der Waals surface area contributed by atoms with E-state index in [0.29, 0.717) is 37.8 Å². The number of carbonyl (C=O) groups is 2. The molecule has 15 heteroatoms. The normalized spacial score (nSPS) is 23.7. The van der Waals surface area contributed by atoms with Gasteiger partial charge in [0.15, 0.2) is 9.84 Å². The molecular formula is C28H28F7NO6S. The lowest BCUT2D eigenvalue weighted by Gasteiger charge is -2.34. The topological polar surface area (TPSA) is 101 Å². The summed E-state index contributed by atoms with van der Waals surface area (Å²) in [4.78, 5) is 26.2. The summed E-state index contributed by atoms with van der Waals surface area (Å²) in [5.41, 5.74) is -7.00. The molecule has 0 unspecified atom stereocenters. The van der Waals surface area contributed by atoms with Gasteiger partial charge in [0.1, 0.15) is 10.6 Å². The first-order valence-corrected chi connectivity index (χ1v) is 14.7. The largest absolute Gasteiger partial charge is 0.469 e. The van der Waals surface area contributed by atoms with Crippen molar-refractivity contribution in [1.82, 2.24) is 4.90 Å². The molecular weight excluding hydrogens is 611 g/mol. The van der Waals surface area contributed by atoms with Crippen LogP contribution in [0.2, 0.25) is 0 Å². The van der Waals surface area contributed by atoms with Gasteiger partial charge in [-0.05, 0) is 61.9 Å². The van der Waals surface area contributed by atoms with Crippen LogP contribution in [0.4, 0.5) is 30.7 Å². The molecule has 4 rings (SSSR count). The number of alkyl halides is 6. The third-order valence-corrected chi connectivity index (χ3v) is 10.9. The molecule has 0 radical (unpaired) electrons. The number of benzene rings is 2. The third kappa shape index (κ3) is 5.61. The molecule has 2 aliphatic rings. The highest BCUT2D eigenvalue weighted by atomic mass is 32.2. The van der Waals surface area contributed by atoms with Gasteiger partial charge in [-0.2, -0.15) is 26.3 Å². The molecule has 43 heavy (non-hydrogen) atoms. The lowest BCUT2D eigenvalue weighted by molar-refractivity contribution is -0.376. The molecule has 0 bridgehead atoms. The number of rotatable bonds is 6. The van der Waals surface area contributed by atoms with Crippen molar-refractivity contribution in [2.75, 3.05) is 20.2 Å². The molecule has 1 N–H and O–H groups in total. The van der Waals surface area contributed by atoms with Gasteiger partial charge < -0.3 is 14.7 Å². The molecule has 7 nitrogen and oxygen atoms in total. The first kappa shape index (κ1) is 32.7. The molecule has 2 fully saturated rings. The Labute approximate surface area is 242 Å². The van der Waals surface area contributed by atoms with Crippen LogP contribution in [0.3, 0.4) is 0 Å². The molecule has 1 aliphatic carbocycles. The van der Waals surface area contributed by atoms with E-state index in [1.165, 1.54) is 12.0 Å². The lowest BCUT2D eigenvalue weighted by atomic mass is 9.81. The third-order valence-electron chi connectivity index (χ3n) is 8.44. The maximum atomic E-state index is 14.0. The summed E-state index contributed by atoms with van der Waals surface area (Å²) in [6.07, 6.45) is -11.2. The zero-order chi connectivity index (χ0) is 32.0. The number of aliphatic hydroxyl groups is 1. The minimum atomic E-state index is -6.14. The highest BCUT2D eigenvalue weighted by molar-refractivity contribution is 7.92. The van der Waals surface area contributed by atoms with E-state index in [2.05, 4.69) is 0 Å². The number of sulfone groups is 1. The predicted octanol–water partition coefficient (Wildman–Crippen LogP) is 5.02. The van der Waals surface area contributed by atoms with Crippen molar-refractivity contribution < 1.29 is 58.6 Å². The Morgan fingerprint density at radius 3 is 1.88 bits per heavy atom. The van der Waals surface area contributed by atoms with Gasteiger partial charge in [-0.1, -0.05) is 24.3 Å². The van der Waals surface area contributed by atoms with E-state index in [1.807, 2.05) is 0 Å². The monoisotopic (exact) mass is 639 g/mol. The maximum Gasteiger partial charge on any atom is 0.430 e. The summed E-state index contributed by atoms with van der Waals surface area (Å²) in [6.45, 7) is -0.586. The van der Waals surface area contributed by atoms with Crippen LogP contribution in [0.5, 0.6) is 0 Å². The lowest BCUT2D eigenvalue weighted by Crippen LogP contribution is -2.54. The Morgan fingerprint density at radius 1 is 0.884 bits per heavy atom. The number of ether oxygens (including phenoxy) is 1. The first-order chi connectivity index (χ1) is 19.9. The second-order valence-electron chi connectivity index (χ2n) is 10.8. The number of methoxy groups -OCH3 is 1. The Hall–Kier alpha value is -3.20. The fourth-order valence-electron chi connectivity index (χ4n) is 5.92. The molecule has 1 heterocycles. The summed E-state index contributed by atoms with van der Waals surface area (Å²) in [7, 11) is -3.27. The molecule has 1 amide bonds. The molecule has 2 aromatic carbocycles. The van der Waals surface area contributed by atoms with Crippen molar-refractivity contribution in [3.63, 3.8) is 0 Å². The second-order valence-corrected chi connectivity index (χ2v) is 13.1. The van der Waals surface area contributed by atoms with E-state index < -0.39 is 68.3 Å². The zero-order valence-electron chi connectivity index (χ0n) is 22.7. The zero-order valence-corrected chi connectivity index (χ0v) is 23.5. The van der Waals surface area contributed by atoms with Crippen LogP contribution in [0.25, 0.3) is 0 Å². The second kappa shape index (κ2) is 11.4. The van der Waals surface area contributed by atoms with E-state index in [4.69, 9.17) is 4.74 Å². The van der Waals surface area contributed by atoms with E-state index in [0.717, 1.165) is 36.4 Å². The fourth-order valence-corrected chi connectivity index (χ4v) is 8.00. The number of nitrogens with zero attached hydrogens (tertiary/aromatic N) is 1. The summed E-state index contributed by atoms with van der Waals surface area (Å²) in [6, 6.07) is 5.95. The Balaban J connectivity index is 1.72. The van der Waals surface area contributed by atoms with Crippen LogP contribution in [-0.2, 0) is 34.5 Å². The highest BCUT2D eigenvalue weighted by Crippen LogP contribution is 2.51. The average Bonchev–Trinajstić information content (AvgIpc) is 3.42. The quantitative estimate of drug-likeness (QED) is 0.271. The van der Waals surface area contributed by atoms with Gasteiger partial charge in [-0.25, -0.2) is 12.8 Å². The van der Waals surface area contributed by atoms with Gasteiger partial charge >= 0.3 is 18.3 Å². The number of amides is 1. The molecule has 0 aromatic heterocycles. The molecule has 1 saturated carbocycles. The van der Waals surface area contributed by atoms with Crippen molar-refractivity contribution in [2.24, 2.45) is 11.8 Å². The van der Waals surface area contributed by atoms with Crippen molar-refractivity contribution in [1.29, 1.82) is 0 Å². The van der Waals surface area contributed by atoms with Crippen molar-refractivity contribution in [3.05, 3.63) is 65.5 Å². The molecule has 1 aliphatic heterocycles. The fraction of sp³-hybridized carbons (Fsp3) is 0.500. The molecule has 1 saturated heterocycles. The number of hydrogen-bond donors (Lipinski definition) is 1. The molecule has 236 valence electrons. The summed E-state index contributed by atoms with van der Waals surface area (Å²) >= 11 is 0. The number of carbonyl (C=O) groups excluding carboxylic acids is 2. The smallest absolute Gasteiger partial charge is 0.430 e. The van der Waals surface area contributed by atoms with Gasteiger partial charge in [0.2, 0.25) is 5.91 Å². The van der Waals surface area contributed by atoms with Crippen LogP contribution >= 0.6 is 0 Å². The van der Waals surface area contributed by atoms with Crippen molar-refractivity contribution in [2.45, 2.75) is 59.7 Å². The number of halogens is 7. The van der Waals surface area contributed by atoms with Crippen LogP contribution in [0, 0.1) is 17.7 Å². The van der Waals surface area contributed by atoms with Crippen LogP contribution in [0.1, 0.15) is 43.2 Å². The predicted molar refractivity (Wildman–Crippen MR) is 136 cm³/mol. The van der Waals surface area contributed by atoms with Gasteiger partial charge in [-0.3, -0.25) is 9.59 Å². The van der Waals surface area contributed by atoms with Crippen molar-refractivity contribution in [3.8, 4) is 0 Å². The number of esters is 1. The Kier molecular flexibility index (Phi) is 8.66. The first-order valence-electron chi connectivity index (χ1n) is 13.2. The Bertz CT molecular complexity index is 1440. The van der Waals surface area contributed by atoms with E-state index in [9.17, 15) is 53.8 Å². The van der Waals surface area contributed by atoms with Gasteiger partial charge in [-0.15, -0.1) is 0 Å². The minimum Gasteiger partial charge on any atom is -0.469 e. The van der Waals surface area contributed by atoms with E-state index in [1.54, 1.807) is 0 Å². The maximum absolute atomic E-state index is 14.0. The van der Waals surface area contributed by atoms with E-state index in [-0.39, 0.29) is 29.3 Å². The summed E-state index contributed by atoms with van der Waals surface area (Å²) in [5.74, 6) is -2.47. The van der Waals surface area contributed by atoms with Gasteiger partial charge in [0, 0.05) is 24.6 Å². The Morgan fingerprint density at radius 2 is 1.40 bits per heavy atom. The van der Waals surface area contributed by atoms with Crippen LogP contribution < -0.4 is 0 Å². The number of hydrogen-bond acceptors (Lipinski definition) is 6. The minimum absolute atomic E-state index is 0.104. The van der Waals surface area contributed by atoms with Crippen LogP contribution in [0.15, 0.2) is 53.4 Å². The summed E-state index contributed by atoms with van der Waals surface area (Å²) < 4.78 is 125. The number of likely N-dealkylation sites (tertiary alicyclic amines) is 1. The molecule has 1 atom stereocenters. The van der Waals surface area contributed by atoms with Crippen LogP contribution in [-0.4, -0.2) is 62.9 Å². The SMILES string of the molecule is COC(=O)C1CCC(C(=O)N2CC[C@](c3ccc(C(O)(C(F)(F)F)C(F)(F)F)cc3)(S(=O)(=O)c3ccc(F)cc3)C2)CC1. The molecule has 2 aromatic rings. The molecule has 0 spiro atoms. The van der Waals surface area contributed by atoms with Gasteiger partial charge in [0.25, 0.3) is 5.60 Å². The average molecular weight is 640 g/mol. The van der Waals surface area contributed by atoms with Gasteiger partial charge in [0.05, 0.1) is 17.9 Å². The standard InChI is InChI=1S/C28H28F7NO6S/c1-42-24(38)18-4-2-17(3-5-18)23(37)36-15-14-25(16-36,43(40,41)22-12-10-21(29)11-13-22)19-6-8-20(9-7-19)26(39,27(30,31)32)28(33,34)35/h6-13,17-18,39H,2-5,14-16H2,1H3/t17?,18?,25-/m0/s1. The summed E-state index contributed by atoms with van der Waals surface area (Å²) in [5, 5.41) is 9.78. The highest BCUT2D eigenvalue weighted by Gasteiger charge is 2.71. The van der Waals surface area contributed by atoms with E-state index >= 15 is 0 Å².